The first kappa shape index (κ1) is 11.8. The third kappa shape index (κ3) is 4.83. The summed E-state index contributed by atoms with van der Waals surface area (Å²) in [7, 11) is 1.63. The van der Waals surface area contributed by atoms with Gasteiger partial charge in [0, 0.05) is 44.2 Å². The molecule has 0 atom stereocenters. The van der Waals surface area contributed by atoms with Crippen molar-refractivity contribution < 1.29 is 9.53 Å². The van der Waals surface area contributed by atoms with E-state index in [-0.39, 0.29) is 5.91 Å². The molecule has 4 nitrogen and oxygen atoms in total. The van der Waals surface area contributed by atoms with Gasteiger partial charge in [-0.3, -0.25) is 4.79 Å². The van der Waals surface area contributed by atoms with Crippen molar-refractivity contribution in [3.8, 4) is 0 Å². The molecule has 1 aliphatic heterocycles. The van der Waals surface area contributed by atoms with Crippen molar-refractivity contribution in [3.63, 3.8) is 0 Å². The molecule has 1 aliphatic rings. The first-order chi connectivity index (χ1) is 6.83. The van der Waals surface area contributed by atoms with Gasteiger partial charge in [0.15, 0.2) is 0 Å². The maximum Gasteiger partial charge on any atom is 0.221 e. The van der Waals surface area contributed by atoms with E-state index in [0.717, 1.165) is 6.54 Å². The Labute approximate surface area is 89.2 Å². The van der Waals surface area contributed by atoms with Crippen LogP contribution < -0.4 is 10.6 Å². The third-order valence-electron chi connectivity index (χ3n) is 2.05. The molecule has 0 aliphatic carbocycles. The van der Waals surface area contributed by atoms with Crippen molar-refractivity contribution >= 4 is 17.7 Å². The second-order valence-electron chi connectivity index (χ2n) is 3.28. The topological polar surface area (TPSA) is 50.4 Å². The lowest BCUT2D eigenvalue weighted by Crippen LogP contribution is -2.42. The number of hydrogen-bond acceptors (Lipinski definition) is 4. The number of carbonyl (C=O) groups excluding carboxylic acids is 1. The number of methoxy groups -OCH3 is 1. The van der Waals surface area contributed by atoms with E-state index in [1.807, 2.05) is 11.8 Å². The van der Waals surface area contributed by atoms with Gasteiger partial charge in [-0.05, 0) is 0 Å². The molecule has 0 unspecified atom stereocenters. The van der Waals surface area contributed by atoms with Gasteiger partial charge in [0.2, 0.25) is 5.91 Å². The Morgan fingerprint density at radius 2 is 2.29 bits per heavy atom. The summed E-state index contributed by atoms with van der Waals surface area (Å²) in [6.45, 7) is 1.97. The lowest BCUT2D eigenvalue weighted by atomic mass is 10.3. The van der Waals surface area contributed by atoms with Crippen molar-refractivity contribution in [2.24, 2.45) is 0 Å². The number of nitrogens with one attached hydrogen (secondary N) is 2. The van der Waals surface area contributed by atoms with E-state index in [0.29, 0.717) is 25.6 Å². The van der Waals surface area contributed by atoms with Crippen molar-refractivity contribution in [2.45, 2.75) is 12.5 Å². The van der Waals surface area contributed by atoms with Gasteiger partial charge in [-0.1, -0.05) is 0 Å². The SMILES string of the molecule is COCCNC(=O)CCNC1CSC1. The second kappa shape index (κ2) is 7.09. The molecule has 14 heavy (non-hydrogen) atoms. The van der Waals surface area contributed by atoms with Gasteiger partial charge in [-0.2, -0.15) is 11.8 Å². The number of hydrogen-bond donors (Lipinski definition) is 2. The molecule has 1 heterocycles. The van der Waals surface area contributed by atoms with Gasteiger partial charge in [-0.15, -0.1) is 0 Å². The zero-order valence-electron chi connectivity index (χ0n) is 8.54. The van der Waals surface area contributed by atoms with Crippen LogP contribution in [-0.4, -0.2) is 50.3 Å². The quantitative estimate of drug-likeness (QED) is 0.583. The van der Waals surface area contributed by atoms with Crippen molar-refractivity contribution in [1.29, 1.82) is 0 Å². The van der Waals surface area contributed by atoms with Crippen molar-refractivity contribution in [2.75, 3.05) is 38.3 Å². The maximum atomic E-state index is 11.2. The molecule has 5 heteroatoms. The lowest BCUT2D eigenvalue weighted by Gasteiger charge is -2.25. The zero-order chi connectivity index (χ0) is 10.2. The molecule has 0 radical (unpaired) electrons. The number of amides is 1. The molecule has 0 spiro atoms. The summed E-state index contributed by atoms with van der Waals surface area (Å²) in [5.41, 5.74) is 0. The minimum Gasteiger partial charge on any atom is -0.383 e. The summed E-state index contributed by atoms with van der Waals surface area (Å²) in [6.07, 6.45) is 0.560. The minimum atomic E-state index is 0.0986. The first-order valence-electron chi connectivity index (χ1n) is 4.89. The largest absolute Gasteiger partial charge is 0.383 e. The number of thioether (sulfide) groups is 1. The molecule has 0 saturated carbocycles. The molecule has 1 saturated heterocycles. The molecular formula is C9H18N2O2S. The second-order valence-corrected chi connectivity index (χ2v) is 4.36. The molecule has 82 valence electrons. The highest BCUT2D eigenvalue weighted by Gasteiger charge is 2.16. The van der Waals surface area contributed by atoms with E-state index in [1.165, 1.54) is 11.5 Å². The van der Waals surface area contributed by atoms with Crippen LogP contribution in [0.5, 0.6) is 0 Å². The third-order valence-corrected chi connectivity index (χ3v) is 3.33. The molecule has 2 N–H and O–H groups in total. The van der Waals surface area contributed by atoms with Crippen LogP contribution in [0.4, 0.5) is 0 Å². The average Bonchev–Trinajstić information content (AvgIpc) is 2.10. The minimum absolute atomic E-state index is 0.0986. The fraction of sp³-hybridized carbons (Fsp3) is 0.889. The Kier molecular flexibility index (Phi) is 5.98. The lowest BCUT2D eigenvalue weighted by molar-refractivity contribution is -0.121. The summed E-state index contributed by atoms with van der Waals surface area (Å²) in [4.78, 5) is 11.2. The van der Waals surface area contributed by atoms with Gasteiger partial charge in [-0.25, -0.2) is 0 Å². The van der Waals surface area contributed by atoms with Gasteiger partial charge in [0.05, 0.1) is 6.61 Å². The van der Waals surface area contributed by atoms with Crippen LogP contribution in [0.3, 0.4) is 0 Å². The Morgan fingerprint density at radius 3 is 2.86 bits per heavy atom. The van der Waals surface area contributed by atoms with Crippen molar-refractivity contribution in [1.82, 2.24) is 10.6 Å². The van der Waals surface area contributed by atoms with Crippen molar-refractivity contribution in [3.05, 3.63) is 0 Å². The van der Waals surface area contributed by atoms with Crippen LogP contribution in [0.25, 0.3) is 0 Å². The van der Waals surface area contributed by atoms with E-state index in [2.05, 4.69) is 10.6 Å². The molecule has 1 amide bonds. The molecule has 0 aromatic carbocycles. The molecule has 1 rings (SSSR count). The number of carbonyl (C=O) groups is 1. The first-order valence-corrected chi connectivity index (χ1v) is 6.05. The van der Waals surface area contributed by atoms with Crippen LogP contribution in [0.15, 0.2) is 0 Å². The highest BCUT2D eigenvalue weighted by Crippen LogP contribution is 2.16. The fourth-order valence-electron chi connectivity index (χ4n) is 1.12. The Morgan fingerprint density at radius 1 is 1.50 bits per heavy atom. The molecule has 0 aromatic rings. The van der Waals surface area contributed by atoms with E-state index in [1.54, 1.807) is 7.11 Å². The van der Waals surface area contributed by atoms with Crippen LogP contribution in [0.1, 0.15) is 6.42 Å². The smallest absolute Gasteiger partial charge is 0.221 e. The Bertz CT molecular complexity index is 174. The Hall–Kier alpha value is -0.260. The van der Waals surface area contributed by atoms with E-state index >= 15 is 0 Å². The summed E-state index contributed by atoms with van der Waals surface area (Å²) >= 11 is 1.94. The van der Waals surface area contributed by atoms with E-state index in [4.69, 9.17) is 4.74 Å². The number of ether oxygens (including phenoxy) is 1. The summed E-state index contributed by atoms with van der Waals surface area (Å²) < 4.78 is 4.83. The Balaban J connectivity index is 1.86. The summed E-state index contributed by atoms with van der Waals surface area (Å²) in [6, 6.07) is 0.631. The molecule has 1 fully saturated rings. The zero-order valence-corrected chi connectivity index (χ0v) is 9.36. The van der Waals surface area contributed by atoms with Crippen LogP contribution in [0, 0.1) is 0 Å². The highest BCUT2D eigenvalue weighted by atomic mass is 32.2. The average molecular weight is 218 g/mol. The normalized spacial score (nSPS) is 16.4. The highest BCUT2D eigenvalue weighted by molar-refractivity contribution is 8.00. The summed E-state index contributed by atoms with van der Waals surface area (Å²) in [5, 5.41) is 6.11. The van der Waals surface area contributed by atoms with E-state index < -0.39 is 0 Å². The number of rotatable bonds is 7. The van der Waals surface area contributed by atoms with E-state index in [9.17, 15) is 4.79 Å². The monoisotopic (exact) mass is 218 g/mol. The van der Waals surface area contributed by atoms with Gasteiger partial charge < -0.3 is 15.4 Å². The van der Waals surface area contributed by atoms with Gasteiger partial charge >= 0.3 is 0 Å². The molecule has 0 bridgehead atoms. The van der Waals surface area contributed by atoms with Crippen LogP contribution in [0.2, 0.25) is 0 Å². The predicted molar refractivity (Wildman–Crippen MR) is 58.6 cm³/mol. The van der Waals surface area contributed by atoms with Gasteiger partial charge in [0.1, 0.15) is 0 Å². The van der Waals surface area contributed by atoms with Crippen LogP contribution >= 0.6 is 11.8 Å². The van der Waals surface area contributed by atoms with Gasteiger partial charge in [0.25, 0.3) is 0 Å². The standard InChI is InChI=1S/C9H18N2O2S/c1-13-5-4-11-9(12)2-3-10-8-6-14-7-8/h8,10H,2-7H2,1H3,(H,11,12). The predicted octanol–water partition coefficient (Wildman–Crippen LogP) is -0.156. The maximum absolute atomic E-state index is 11.2. The summed E-state index contributed by atoms with van der Waals surface area (Å²) in [5.74, 6) is 2.47. The molecular weight excluding hydrogens is 200 g/mol. The molecule has 0 aromatic heterocycles. The van der Waals surface area contributed by atoms with Crippen LogP contribution in [-0.2, 0) is 9.53 Å². The fourth-order valence-corrected chi connectivity index (χ4v) is 1.83.